The molecule has 8 nitrogen and oxygen atoms in total. The molecule has 0 aliphatic carbocycles. The van der Waals surface area contributed by atoms with E-state index >= 15 is 0 Å². The lowest BCUT2D eigenvalue weighted by Gasteiger charge is -2.36. The number of hydrogen-bond donors (Lipinski definition) is 0. The molecule has 1 saturated heterocycles. The van der Waals surface area contributed by atoms with Crippen LogP contribution in [0.5, 0.6) is 0 Å². The number of hydrogen-bond acceptors (Lipinski definition) is 6. The van der Waals surface area contributed by atoms with E-state index in [1.807, 2.05) is 18.7 Å². The molecule has 0 unspecified atom stereocenters. The average molecular weight is 358 g/mol. The van der Waals surface area contributed by atoms with Crippen molar-refractivity contribution < 1.29 is 14.2 Å². The Hall–Kier alpha value is -2.90. The van der Waals surface area contributed by atoms with E-state index in [1.165, 1.54) is 12.1 Å². The molecule has 8 heteroatoms. The van der Waals surface area contributed by atoms with E-state index in [2.05, 4.69) is 10.1 Å². The van der Waals surface area contributed by atoms with E-state index in [0.717, 1.165) is 35.8 Å². The van der Waals surface area contributed by atoms with Crippen LogP contribution in [0.4, 0.5) is 11.4 Å². The zero-order valence-electron chi connectivity index (χ0n) is 15.0. The number of nitro benzene ring substituents is 1. The molecule has 0 atom stereocenters. The first-order chi connectivity index (χ1) is 12.5. The van der Waals surface area contributed by atoms with Crippen LogP contribution < -0.4 is 4.90 Å². The number of nitrogens with zero attached hydrogens (tertiary/aromatic N) is 4. The van der Waals surface area contributed by atoms with E-state index in [0.29, 0.717) is 25.9 Å². The maximum Gasteiger partial charge on any atom is 0.269 e. The van der Waals surface area contributed by atoms with Crippen LogP contribution in [-0.2, 0) is 11.2 Å². The van der Waals surface area contributed by atoms with Crippen molar-refractivity contribution in [3.05, 3.63) is 51.4 Å². The van der Waals surface area contributed by atoms with Gasteiger partial charge in [0.2, 0.25) is 5.91 Å². The first-order valence-corrected chi connectivity index (χ1v) is 8.64. The maximum absolute atomic E-state index is 12.5. The molecule has 1 aliphatic heterocycles. The third-order valence-corrected chi connectivity index (χ3v) is 4.83. The third-order valence-electron chi connectivity index (χ3n) is 4.83. The fraction of sp³-hybridized carbons (Fsp3) is 0.444. The minimum atomic E-state index is -0.403. The Balaban J connectivity index is 1.51. The van der Waals surface area contributed by atoms with E-state index in [4.69, 9.17) is 4.52 Å². The van der Waals surface area contributed by atoms with E-state index < -0.39 is 4.92 Å². The molecule has 26 heavy (non-hydrogen) atoms. The van der Waals surface area contributed by atoms with Crippen molar-refractivity contribution in [1.29, 1.82) is 0 Å². The number of piperazine rings is 1. The number of benzene rings is 1. The summed E-state index contributed by atoms with van der Waals surface area (Å²) in [6.45, 7) is 6.49. The Labute approximate surface area is 151 Å². The second kappa shape index (κ2) is 7.55. The van der Waals surface area contributed by atoms with E-state index in [1.54, 1.807) is 12.1 Å². The summed E-state index contributed by atoms with van der Waals surface area (Å²) in [6.07, 6.45) is 1.09. The van der Waals surface area contributed by atoms with Crippen LogP contribution >= 0.6 is 0 Å². The number of rotatable bonds is 5. The van der Waals surface area contributed by atoms with Gasteiger partial charge in [-0.1, -0.05) is 5.16 Å². The number of carbonyl (C=O) groups excluding carboxylic acids is 1. The molecule has 0 spiro atoms. The average Bonchev–Trinajstić information content (AvgIpc) is 2.98. The third kappa shape index (κ3) is 3.84. The Morgan fingerprint density at radius 2 is 1.85 bits per heavy atom. The highest BCUT2D eigenvalue weighted by Crippen LogP contribution is 2.21. The standard InChI is InChI=1S/C18H22N4O4/c1-13-17(14(2)26-19-13)7-8-18(23)21-11-9-20(10-12-21)15-3-5-16(6-4-15)22(24)25/h3-6H,7-12H2,1-2H3. The van der Waals surface area contributed by atoms with Crippen LogP contribution in [0.3, 0.4) is 0 Å². The first-order valence-electron chi connectivity index (χ1n) is 8.64. The molecule has 1 aromatic heterocycles. The number of anilines is 1. The van der Waals surface area contributed by atoms with Gasteiger partial charge in [0, 0.05) is 56.0 Å². The Bertz CT molecular complexity index is 773. The summed E-state index contributed by atoms with van der Waals surface area (Å²) in [6, 6.07) is 6.53. The SMILES string of the molecule is Cc1noc(C)c1CCC(=O)N1CCN(c2ccc([N+](=O)[O-])cc2)CC1. The van der Waals surface area contributed by atoms with Crippen molar-refractivity contribution in [3.63, 3.8) is 0 Å². The molecule has 3 rings (SSSR count). The van der Waals surface area contributed by atoms with Gasteiger partial charge in [0.15, 0.2) is 0 Å². The molecule has 1 amide bonds. The predicted molar refractivity (Wildman–Crippen MR) is 96.2 cm³/mol. The second-order valence-corrected chi connectivity index (χ2v) is 6.44. The Morgan fingerprint density at radius 3 is 2.38 bits per heavy atom. The highest BCUT2D eigenvalue weighted by atomic mass is 16.6. The molecule has 0 radical (unpaired) electrons. The van der Waals surface area contributed by atoms with Crippen molar-refractivity contribution in [2.45, 2.75) is 26.7 Å². The number of carbonyl (C=O) groups is 1. The van der Waals surface area contributed by atoms with Gasteiger partial charge in [-0.2, -0.15) is 0 Å². The van der Waals surface area contributed by atoms with Crippen LogP contribution in [0.15, 0.2) is 28.8 Å². The highest BCUT2D eigenvalue weighted by molar-refractivity contribution is 5.77. The molecule has 0 N–H and O–H groups in total. The van der Waals surface area contributed by atoms with E-state index in [-0.39, 0.29) is 11.6 Å². The zero-order valence-corrected chi connectivity index (χ0v) is 15.0. The molecule has 0 saturated carbocycles. The smallest absolute Gasteiger partial charge is 0.269 e. The van der Waals surface area contributed by atoms with Gasteiger partial charge in [0.25, 0.3) is 5.69 Å². The van der Waals surface area contributed by atoms with Crippen LogP contribution in [0, 0.1) is 24.0 Å². The second-order valence-electron chi connectivity index (χ2n) is 6.44. The summed E-state index contributed by atoms with van der Waals surface area (Å²) < 4.78 is 5.14. The highest BCUT2D eigenvalue weighted by Gasteiger charge is 2.22. The van der Waals surface area contributed by atoms with Gasteiger partial charge in [-0.15, -0.1) is 0 Å². The number of amides is 1. The quantitative estimate of drug-likeness (QED) is 0.602. The van der Waals surface area contributed by atoms with Gasteiger partial charge in [0.05, 0.1) is 10.6 Å². The number of nitro groups is 1. The summed E-state index contributed by atoms with van der Waals surface area (Å²) in [5, 5.41) is 14.7. The molecule has 2 aromatic rings. The van der Waals surface area contributed by atoms with Gasteiger partial charge in [0.1, 0.15) is 5.76 Å². The Kier molecular flexibility index (Phi) is 5.20. The lowest BCUT2D eigenvalue weighted by molar-refractivity contribution is -0.384. The Morgan fingerprint density at radius 1 is 1.19 bits per heavy atom. The minimum Gasteiger partial charge on any atom is -0.368 e. The topological polar surface area (TPSA) is 92.7 Å². The number of non-ortho nitro benzene ring substituents is 1. The fourth-order valence-corrected chi connectivity index (χ4v) is 3.25. The van der Waals surface area contributed by atoms with Crippen molar-refractivity contribution in [3.8, 4) is 0 Å². The van der Waals surface area contributed by atoms with Crippen LogP contribution in [-0.4, -0.2) is 47.1 Å². The molecule has 138 valence electrons. The van der Waals surface area contributed by atoms with Crippen molar-refractivity contribution in [1.82, 2.24) is 10.1 Å². The van der Waals surface area contributed by atoms with E-state index in [9.17, 15) is 14.9 Å². The van der Waals surface area contributed by atoms with Crippen LogP contribution in [0.25, 0.3) is 0 Å². The normalized spacial score (nSPS) is 14.5. The van der Waals surface area contributed by atoms with Crippen molar-refractivity contribution in [2.24, 2.45) is 0 Å². The lowest BCUT2D eigenvalue weighted by Crippen LogP contribution is -2.48. The number of aromatic nitrogens is 1. The van der Waals surface area contributed by atoms with Gasteiger partial charge in [-0.05, 0) is 32.4 Å². The molecule has 1 fully saturated rings. The van der Waals surface area contributed by atoms with Crippen molar-refractivity contribution >= 4 is 17.3 Å². The first kappa shape index (κ1) is 17.9. The molecule has 0 bridgehead atoms. The zero-order chi connectivity index (χ0) is 18.7. The molecule has 1 aromatic carbocycles. The number of aryl methyl sites for hydroxylation is 2. The molecule has 2 heterocycles. The van der Waals surface area contributed by atoms with Crippen molar-refractivity contribution in [2.75, 3.05) is 31.1 Å². The monoisotopic (exact) mass is 358 g/mol. The summed E-state index contributed by atoms with van der Waals surface area (Å²) >= 11 is 0. The summed E-state index contributed by atoms with van der Waals surface area (Å²) in [4.78, 5) is 26.8. The minimum absolute atomic E-state index is 0.0851. The van der Waals surface area contributed by atoms with Crippen LogP contribution in [0.2, 0.25) is 0 Å². The summed E-state index contributed by atoms with van der Waals surface area (Å²) in [5.74, 6) is 0.909. The van der Waals surface area contributed by atoms with Gasteiger partial charge in [-0.3, -0.25) is 14.9 Å². The lowest BCUT2D eigenvalue weighted by atomic mass is 10.1. The summed E-state index contributed by atoms with van der Waals surface area (Å²) in [5.41, 5.74) is 2.89. The van der Waals surface area contributed by atoms with Crippen LogP contribution in [0.1, 0.15) is 23.4 Å². The molecular weight excluding hydrogens is 336 g/mol. The fourth-order valence-electron chi connectivity index (χ4n) is 3.25. The maximum atomic E-state index is 12.5. The van der Waals surface area contributed by atoms with Gasteiger partial charge < -0.3 is 14.3 Å². The molecular formula is C18H22N4O4. The predicted octanol–water partition coefficient (Wildman–Crippen LogP) is 2.48. The largest absolute Gasteiger partial charge is 0.368 e. The van der Waals surface area contributed by atoms with Gasteiger partial charge in [-0.25, -0.2) is 0 Å². The summed E-state index contributed by atoms with van der Waals surface area (Å²) in [7, 11) is 0. The molecule has 1 aliphatic rings. The van der Waals surface area contributed by atoms with Gasteiger partial charge >= 0.3 is 0 Å².